The Balaban J connectivity index is 2.80. The zero-order chi connectivity index (χ0) is 10.6. The quantitative estimate of drug-likeness (QED) is 0.781. The molecule has 2 nitrogen and oxygen atoms in total. The molecule has 0 atom stereocenters. The Bertz CT molecular complexity index is 303. The van der Waals surface area contributed by atoms with E-state index < -0.39 is 0 Å². The van der Waals surface area contributed by atoms with Crippen LogP contribution in [0.2, 0.25) is 0 Å². The molecule has 1 aromatic rings. The van der Waals surface area contributed by atoms with Crippen LogP contribution >= 0.6 is 0 Å². The van der Waals surface area contributed by atoms with Crippen molar-refractivity contribution in [1.29, 1.82) is 0 Å². The van der Waals surface area contributed by atoms with Gasteiger partial charge in [-0.25, -0.2) is 0 Å². The third kappa shape index (κ3) is 2.59. The number of amides is 1. The molecule has 0 fully saturated rings. The smallest absolute Gasteiger partial charge is 0.220 e. The Kier molecular flexibility index (Phi) is 3.28. The fourth-order valence-electron chi connectivity index (χ4n) is 1.36. The molecule has 0 saturated heterocycles. The van der Waals surface area contributed by atoms with Gasteiger partial charge < -0.3 is 5.32 Å². The lowest BCUT2D eigenvalue weighted by molar-refractivity contribution is -0.122. The summed E-state index contributed by atoms with van der Waals surface area (Å²) in [6.45, 7) is 5.88. The van der Waals surface area contributed by atoms with Gasteiger partial charge in [-0.3, -0.25) is 4.79 Å². The van der Waals surface area contributed by atoms with Crippen molar-refractivity contribution >= 4 is 5.91 Å². The van der Waals surface area contributed by atoms with Crippen molar-refractivity contribution in [2.24, 2.45) is 0 Å². The van der Waals surface area contributed by atoms with Crippen molar-refractivity contribution in [1.82, 2.24) is 5.32 Å². The van der Waals surface area contributed by atoms with Gasteiger partial charge >= 0.3 is 0 Å². The van der Waals surface area contributed by atoms with Crippen molar-refractivity contribution in [2.45, 2.75) is 32.7 Å². The molecular formula is C12H17NO. The summed E-state index contributed by atoms with van der Waals surface area (Å²) in [7, 11) is 0. The maximum absolute atomic E-state index is 11.3. The summed E-state index contributed by atoms with van der Waals surface area (Å²) in [5.41, 5.74) is 0.843. The molecule has 0 aliphatic carbocycles. The number of benzene rings is 1. The molecule has 1 rings (SSSR count). The van der Waals surface area contributed by atoms with Crippen LogP contribution in [0.3, 0.4) is 0 Å². The third-order valence-corrected chi connectivity index (χ3v) is 2.27. The SMILES string of the molecule is CCC(=O)NC(C)(C)c1ccccc1. The number of hydrogen-bond donors (Lipinski definition) is 1. The highest BCUT2D eigenvalue weighted by Gasteiger charge is 2.21. The maximum atomic E-state index is 11.3. The van der Waals surface area contributed by atoms with Gasteiger partial charge in [0.05, 0.1) is 5.54 Å². The van der Waals surface area contributed by atoms with E-state index in [0.717, 1.165) is 5.56 Å². The van der Waals surface area contributed by atoms with Crippen LogP contribution in [0.25, 0.3) is 0 Å². The molecule has 0 aromatic heterocycles. The highest BCUT2D eigenvalue weighted by Crippen LogP contribution is 2.19. The lowest BCUT2D eigenvalue weighted by atomic mass is 9.94. The number of hydrogen-bond acceptors (Lipinski definition) is 1. The molecule has 1 amide bonds. The highest BCUT2D eigenvalue weighted by molar-refractivity contribution is 5.76. The van der Waals surface area contributed by atoms with Gasteiger partial charge in [0.25, 0.3) is 0 Å². The van der Waals surface area contributed by atoms with E-state index >= 15 is 0 Å². The minimum Gasteiger partial charge on any atom is -0.347 e. The van der Waals surface area contributed by atoms with E-state index in [2.05, 4.69) is 5.32 Å². The second-order valence-electron chi connectivity index (χ2n) is 3.89. The number of rotatable bonds is 3. The van der Waals surface area contributed by atoms with E-state index in [1.165, 1.54) is 0 Å². The molecule has 76 valence electrons. The molecule has 0 aliphatic rings. The van der Waals surface area contributed by atoms with Gasteiger partial charge in [-0.15, -0.1) is 0 Å². The molecule has 0 bridgehead atoms. The first-order chi connectivity index (χ1) is 6.56. The summed E-state index contributed by atoms with van der Waals surface area (Å²) < 4.78 is 0. The lowest BCUT2D eigenvalue weighted by Gasteiger charge is -2.26. The van der Waals surface area contributed by atoms with Crippen LogP contribution in [0.5, 0.6) is 0 Å². The summed E-state index contributed by atoms with van der Waals surface area (Å²) in [5, 5.41) is 2.98. The van der Waals surface area contributed by atoms with E-state index in [4.69, 9.17) is 0 Å². The molecule has 0 heterocycles. The average Bonchev–Trinajstić information content (AvgIpc) is 2.18. The molecule has 2 heteroatoms. The summed E-state index contributed by atoms with van der Waals surface area (Å²) in [6.07, 6.45) is 0.524. The monoisotopic (exact) mass is 191 g/mol. The number of carbonyl (C=O) groups is 1. The van der Waals surface area contributed by atoms with Gasteiger partial charge in [-0.1, -0.05) is 37.3 Å². The van der Waals surface area contributed by atoms with Gasteiger partial charge in [-0.2, -0.15) is 0 Å². The molecule has 0 radical (unpaired) electrons. The maximum Gasteiger partial charge on any atom is 0.220 e. The van der Waals surface area contributed by atoms with Crippen molar-refractivity contribution in [3.05, 3.63) is 35.9 Å². The first-order valence-electron chi connectivity index (χ1n) is 4.93. The van der Waals surface area contributed by atoms with E-state index in [1.807, 2.05) is 51.1 Å². The summed E-state index contributed by atoms with van der Waals surface area (Å²) in [5.74, 6) is 0.0823. The summed E-state index contributed by atoms with van der Waals surface area (Å²) in [4.78, 5) is 11.3. The first kappa shape index (κ1) is 10.8. The van der Waals surface area contributed by atoms with Crippen molar-refractivity contribution in [3.8, 4) is 0 Å². The average molecular weight is 191 g/mol. The fourth-order valence-corrected chi connectivity index (χ4v) is 1.36. The molecule has 0 spiro atoms. The largest absolute Gasteiger partial charge is 0.347 e. The predicted octanol–water partition coefficient (Wildman–Crippen LogP) is 2.45. The predicted molar refractivity (Wildman–Crippen MR) is 57.9 cm³/mol. The second kappa shape index (κ2) is 4.27. The second-order valence-corrected chi connectivity index (χ2v) is 3.89. The fraction of sp³-hybridized carbons (Fsp3) is 0.417. The number of nitrogens with one attached hydrogen (secondary N) is 1. The molecule has 0 aliphatic heterocycles. The van der Waals surface area contributed by atoms with Crippen LogP contribution in [0.4, 0.5) is 0 Å². The van der Waals surface area contributed by atoms with Crippen LogP contribution in [-0.2, 0) is 10.3 Å². The van der Waals surface area contributed by atoms with Crippen LogP contribution in [0, 0.1) is 0 Å². The van der Waals surface area contributed by atoms with E-state index in [-0.39, 0.29) is 11.4 Å². The standard InChI is InChI=1S/C12H17NO/c1-4-11(14)13-12(2,3)10-8-6-5-7-9-10/h5-9H,4H2,1-3H3,(H,13,14). The van der Waals surface area contributed by atoms with Gasteiger partial charge in [0, 0.05) is 6.42 Å². The Labute approximate surface area is 85.3 Å². The summed E-state index contributed by atoms with van der Waals surface area (Å²) in [6, 6.07) is 9.98. The zero-order valence-electron chi connectivity index (χ0n) is 9.00. The zero-order valence-corrected chi connectivity index (χ0v) is 9.00. The molecule has 1 N–H and O–H groups in total. The van der Waals surface area contributed by atoms with Crippen LogP contribution < -0.4 is 5.32 Å². The van der Waals surface area contributed by atoms with Crippen molar-refractivity contribution in [2.75, 3.05) is 0 Å². The van der Waals surface area contributed by atoms with E-state index in [9.17, 15) is 4.79 Å². The van der Waals surface area contributed by atoms with Crippen LogP contribution in [0.15, 0.2) is 30.3 Å². The van der Waals surface area contributed by atoms with Crippen LogP contribution in [0.1, 0.15) is 32.8 Å². The minimum atomic E-state index is -0.283. The third-order valence-electron chi connectivity index (χ3n) is 2.27. The van der Waals surface area contributed by atoms with Gasteiger partial charge in [0.15, 0.2) is 0 Å². The Hall–Kier alpha value is -1.31. The normalized spacial score (nSPS) is 11.1. The topological polar surface area (TPSA) is 29.1 Å². The molecule has 0 saturated carbocycles. The Morgan fingerprint density at radius 2 is 1.86 bits per heavy atom. The van der Waals surface area contributed by atoms with E-state index in [1.54, 1.807) is 0 Å². The number of carbonyl (C=O) groups excluding carboxylic acids is 1. The van der Waals surface area contributed by atoms with Gasteiger partial charge in [-0.05, 0) is 19.4 Å². The summed E-state index contributed by atoms with van der Waals surface area (Å²) >= 11 is 0. The minimum absolute atomic E-state index is 0.0823. The Morgan fingerprint density at radius 3 is 2.36 bits per heavy atom. The molecule has 0 unspecified atom stereocenters. The lowest BCUT2D eigenvalue weighted by Crippen LogP contribution is -2.40. The van der Waals surface area contributed by atoms with Crippen molar-refractivity contribution in [3.63, 3.8) is 0 Å². The molecule has 1 aromatic carbocycles. The molecule has 14 heavy (non-hydrogen) atoms. The first-order valence-corrected chi connectivity index (χ1v) is 4.93. The Morgan fingerprint density at radius 1 is 1.29 bits per heavy atom. The van der Waals surface area contributed by atoms with Crippen molar-refractivity contribution < 1.29 is 4.79 Å². The highest BCUT2D eigenvalue weighted by atomic mass is 16.1. The van der Waals surface area contributed by atoms with Crippen LogP contribution in [-0.4, -0.2) is 5.91 Å². The van der Waals surface area contributed by atoms with E-state index in [0.29, 0.717) is 6.42 Å². The van der Waals surface area contributed by atoms with Gasteiger partial charge in [0.2, 0.25) is 5.91 Å². The van der Waals surface area contributed by atoms with Gasteiger partial charge in [0.1, 0.15) is 0 Å². The molecular weight excluding hydrogens is 174 g/mol.